The number of para-hydroxylation sites is 2. The van der Waals surface area contributed by atoms with E-state index in [1.54, 1.807) is 14.0 Å². The van der Waals surface area contributed by atoms with Crippen molar-refractivity contribution < 1.29 is 14.3 Å². The zero-order chi connectivity index (χ0) is 18.5. The Kier molecular flexibility index (Phi) is 5.28. The number of anilines is 2. The van der Waals surface area contributed by atoms with Crippen molar-refractivity contribution in [3.8, 4) is 11.8 Å². The van der Waals surface area contributed by atoms with Crippen LogP contribution in [0.15, 0.2) is 48.5 Å². The molecule has 0 bridgehead atoms. The molecule has 26 heavy (non-hydrogen) atoms. The molecule has 0 radical (unpaired) electrons. The lowest BCUT2D eigenvalue weighted by molar-refractivity contribution is -0.141. The summed E-state index contributed by atoms with van der Waals surface area (Å²) in [5, 5.41) is 13.2. The standard InChI is InChI=1S/C20H21N3O3/c1-3-26-19(24)13-23-18-7-5-4-6-17(18)22-20(23)16(12-21)14-8-10-15(25-2)11-9-14/h4-11,16,20,22H,3,13H2,1-2H3. The molecular formula is C20H21N3O3. The van der Waals surface area contributed by atoms with Gasteiger partial charge in [0.1, 0.15) is 24.4 Å². The fourth-order valence-electron chi connectivity index (χ4n) is 3.16. The number of carbonyl (C=O) groups excluding carboxylic acids is 1. The number of hydrogen-bond donors (Lipinski definition) is 1. The third kappa shape index (κ3) is 3.42. The molecule has 0 aliphatic carbocycles. The van der Waals surface area contributed by atoms with Crippen LogP contribution in [0.4, 0.5) is 11.4 Å². The number of nitrogens with one attached hydrogen (secondary N) is 1. The van der Waals surface area contributed by atoms with E-state index in [1.807, 2.05) is 53.4 Å². The van der Waals surface area contributed by atoms with Crippen LogP contribution in [-0.4, -0.2) is 32.4 Å². The summed E-state index contributed by atoms with van der Waals surface area (Å²) in [6, 6.07) is 17.5. The molecule has 1 N–H and O–H groups in total. The molecule has 2 unspecified atom stereocenters. The minimum atomic E-state index is -0.470. The van der Waals surface area contributed by atoms with Gasteiger partial charge in [0.15, 0.2) is 0 Å². The Morgan fingerprint density at radius 3 is 2.65 bits per heavy atom. The van der Waals surface area contributed by atoms with Crippen molar-refractivity contribution in [3.05, 3.63) is 54.1 Å². The highest BCUT2D eigenvalue weighted by Crippen LogP contribution is 2.39. The van der Waals surface area contributed by atoms with Gasteiger partial charge in [-0.1, -0.05) is 24.3 Å². The molecule has 0 spiro atoms. The molecule has 0 saturated heterocycles. The molecule has 2 atom stereocenters. The van der Waals surface area contributed by atoms with Crippen LogP contribution in [0.2, 0.25) is 0 Å². The predicted octanol–water partition coefficient (Wildman–Crippen LogP) is 3.12. The zero-order valence-corrected chi connectivity index (χ0v) is 14.8. The molecule has 6 nitrogen and oxygen atoms in total. The highest BCUT2D eigenvalue weighted by molar-refractivity contribution is 5.83. The minimum Gasteiger partial charge on any atom is -0.497 e. The molecule has 3 rings (SSSR count). The third-order valence-corrected chi connectivity index (χ3v) is 4.39. The van der Waals surface area contributed by atoms with Gasteiger partial charge in [0.05, 0.1) is 31.2 Å². The normalized spacial score (nSPS) is 16.2. The van der Waals surface area contributed by atoms with Crippen LogP contribution in [0.5, 0.6) is 5.75 Å². The summed E-state index contributed by atoms with van der Waals surface area (Å²) in [5.74, 6) is -0.0540. The van der Waals surface area contributed by atoms with Crippen LogP contribution in [0.3, 0.4) is 0 Å². The van der Waals surface area contributed by atoms with Crippen molar-refractivity contribution in [3.63, 3.8) is 0 Å². The Labute approximate surface area is 152 Å². The summed E-state index contributed by atoms with van der Waals surface area (Å²) in [5.41, 5.74) is 2.64. The quantitative estimate of drug-likeness (QED) is 0.806. The Bertz CT molecular complexity index is 814. The van der Waals surface area contributed by atoms with Crippen LogP contribution >= 0.6 is 0 Å². The second-order valence-electron chi connectivity index (χ2n) is 5.92. The van der Waals surface area contributed by atoms with Crippen molar-refractivity contribution in [1.82, 2.24) is 0 Å². The highest BCUT2D eigenvalue weighted by atomic mass is 16.5. The molecule has 0 saturated carbocycles. The van der Waals surface area contributed by atoms with Crippen molar-refractivity contribution in [2.45, 2.75) is 19.0 Å². The fourth-order valence-corrected chi connectivity index (χ4v) is 3.16. The summed E-state index contributed by atoms with van der Waals surface area (Å²) < 4.78 is 10.3. The average molecular weight is 351 g/mol. The van der Waals surface area contributed by atoms with Crippen LogP contribution in [0, 0.1) is 11.3 Å². The maximum Gasteiger partial charge on any atom is 0.325 e. The predicted molar refractivity (Wildman–Crippen MR) is 99.2 cm³/mol. The molecule has 0 amide bonds. The molecule has 2 aromatic rings. The van der Waals surface area contributed by atoms with Gasteiger partial charge in [-0.3, -0.25) is 4.79 Å². The van der Waals surface area contributed by atoms with E-state index in [0.29, 0.717) is 6.61 Å². The molecule has 1 aliphatic heterocycles. The lowest BCUT2D eigenvalue weighted by Gasteiger charge is -2.29. The maximum absolute atomic E-state index is 12.1. The van der Waals surface area contributed by atoms with Crippen LogP contribution in [0.1, 0.15) is 18.4 Å². The number of nitrogens with zero attached hydrogens (tertiary/aromatic N) is 2. The van der Waals surface area contributed by atoms with Crippen molar-refractivity contribution >= 4 is 17.3 Å². The van der Waals surface area contributed by atoms with Gasteiger partial charge in [-0.15, -0.1) is 0 Å². The number of esters is 1. The van der Waals surface area contributed by atoms with E-state index in [-0.39, 0.29) is 18.7 Å². The fraction of sp³-hybridized carbons (Fsp3) is 0.300. The number of nitriles is 1. The third-order valence-electron chi connectivity index (χ3n) is 4.39. The minimum absolute atomic E-state index is 0.0802. The van der Waals surface area contributed by atoms with Crippen molar-refractivity contribution in [2.24, 2.45) is 0 Å². The van der Waals surface area contributed by atoms with E-state index in [2.05, 4.69) is 11.4 Å². The number of methoxy groups -OCH3 is 1. The van der Waals surface area contributed by atoms with Crippen LogP contribution < -0.4 is 15.0 Å². The first-order valence-corrected chi connectivity index (χ1v) is 8.49. The number of hydrogen-bond acceptors (Lipinski definition) is 6. The summed E-state index contributed by atoms with van der Waals surface area (Å²) >= 11 is 0. The largest absolute Gasteiger partial charge is 0.497 e. The monoisotopic (exact) mass is 351 g/mol. The Morgan fingerprint density at radius 2 is 2.00 bits per heavy atom. The lowest BCUT2D eigenvalue weighted by atomic mass is 9.96. The second-order valence-corrected chi connectivity index (χ2v) is 5.92. The number of ether oxygens (including phenoxy) is 2. The summed E-state index contributed by atoms with van der Waals surface area (Å²) in [6.07, 6.45) is -0.366. The molecule has 0 fully saturated rings. The summed E-state index contributed by atoms with van der Waals surface area (Å²) in [6.45, 7) is 2.18. The van der Waals surface area contributed by atoms with Gasteiger partial charge in [-0.2, -0.15) is 5.26 Å². The average Bonchev–Trinajstić information content (AvgIpc) is 3.01. The van der Waals surface area contributed by atoms with Crippen molar-refractivity contribution in [1.29, 1.82) is 5.26 Å². The van der Waals surface area contributed by atoms with E-state index in [1.165, 1.54) is 0 Å². The van der Waals surface area contributed by atoms with Crippen LogP contribution in [-0.2, 0) is 9.53 Å². The van der Waals surface area contributed by atoms with Gasteiger partial charge in [0, 0.05) is 0 Å². The van der Waals surface area contributed by atoms with Gasteiger partial charge in [0.2, 0.25) is 0 Å². The molecule has 6 heteroatoms. The Morgan fingerprint density at radius 1 is 1.27 bits per heavy atom. The van der Waals surface area contributed by atoms with E-state index in [0.717, 1.165) is 22.7 Å². The van der Waals surface area contributed by atoms with E-state index >= 15 is 0 Å². The van der Waals surface area contributed by atoms with Gasteiger partial charge in [-0.25, -0.2) is 0 Å². The number of rotatable bonds is 6. The molecule has 0 aromatic heterocycles. The first kappa shape index (κ1) is 17.6. The highest BCUT2D eigenvalue weighted by Gasteiger charge is 2.36. The SMILES string of the molecule is CCOC(=O)CN1c2ccccc2NC1C(C#N)c1ccc(OC)cc1. The van der Waals surface area contributed by atoms with E-state index in [4.69, 9.17) is 9.47 Å². The molecule has 1 heterocycles. The first-order chi connectivity index (χ1) is 12.7. The van der Waals surface area contributed by atoms with Crippen molar-refractivity contribution in [2.75, 3.05) is 30.5 Å². The van der Waals surface area contributed by atoms with Gasteiger partial charge in [0.25, 0.3) is 0 Å². The van der Waals surface area contributed by atoms with Crippen LogP contribution in [0.25, 0.3) is 0 Å². The first-order valence-electron chi connectivity index (χ1n) is 8.49. The van der Waals surface area contributed by atoms with Gasteiger partial charge < -0.3 is 19.7 Å². The molecule has 2 aromatic carbocycles. The van der Waals surface area contributed by atoms with E-state index in [9.17, 15) is 10.1 Å². The summed E-state index contributed by atoms with van der Waals surface area (Å²) in [4.78, 5) is 14.0. The molecule has 1 aliphatic rings. The molecular weight excluding hydrogens is 330 g/mol. The molecule has 134 valence electrons. The van der Waals surface area contributed by atoms with Gasteiger partial charge in [-0.05, 0) is 36.8 Å². The van der Waals surface area contributed by atoms with E-state index < -0.39 is 5.92 Å². The smallest absolute Gasteiger partial charge is 0.325 e. The number of carbonyl (C=O) groups is 1. The van der Waals surface area contributed by atoms with Gasteiger partial charge >= 0.3 is 5.97 Å². The summed E-state index contributed by atoms with van der Waals surface area (Å²) in [7, 11) is 1.60. The number of fused-ring (bicyclic) bond motifs is 1. The lowest BCUT2D eigenvalue weighted by Crippen LogP contribution is -2.43. The number of benzene rings is 2. The topological polar surface area (TPSA) is 74.6 Å². The zero-order valence-electron chi connectivity index (χ0n) is 14.8. The maximum atomic E-state index is 12.1. The second kappa shape index (κ2) is 7.79. The Balaban J connectivity index is 1.92. The Hall–Kier alpha value is -3.20.